The number of imidazole rings is 1. The Hall–Kier alpha value is -3.60. The lowest BCUT2D eigenvalue weighted by Crippen LogP contribution is -2.40. The smallest absolute Gasteiger partial charge is 0.332 e. The second-order valence-corrected chi connectivity index (χ2v) is 9.13. The first-order valence-corrected chi connectivity index (χ1v) is 12.9. The van der Waals surface area contributed by atoms with Crippen molar-refractivity contribution in [2.75, 3.05) is 26.7 Å². The molecule has 39 heavy (non-hydrogen) atoms. The molecule has 0 saturated heterocycles. The zero-order chi connectivity index (χ0) is 27.1. The Kier molecular flexibility index (Phi) is 10.7. The van der Waals surface area contributed by atoms with E-state index in [4.69, 9.17) is 9.47 Å². The molecule has 0 amide bonds. The number of para-hydroxylation sites is 2. The van der Waals surface area contributed by atoms with E-state index in [-0.39, 0.29) is 30.3 Å². The highest BCUT2D eigenvalue weighted by atomic mass is 35.5. The molecule has 10 nitrogen and oxygen atoms in total. The van der Waals surface area contributed by atoms with Gasteiger partial charge < -0.3 is 24.0 Å². The maximum absolute atomic E-state index is 12.9. The highest BCUT2D eigenvalue weighted by molar-refractivity contribution is 5.85. The SMILES string of the molecule is CCn1c(=O)c2c(ncn2CCN(C)CC(O)COc2ccccc2OCc2ccccc2)n(CC)c1=O.Cl. The van der Waals surface area contributed by atoms with Gasteiger partial charge in [0.25, 0.3) is 5.56 Å². The van der Waals surface area contributed by atoms with Crippen molar-refractivity contribution in [1.82, 2.24) is 23.6 Å². The predicted molar refractivity (Wildman–Crippen MR) is 153 cm³/mol. The zero-order valence-electron chi connectivity index (χ0n) is 22.5. The average molecular weight is 558 g/mol. The topological polar surface area (TPSA) is 104 Å². The third kappa shape index (κ3) is 7.08. The lowest BCUT2D eigenvalue weighted by molar-refractivity contribution is 0.0739. The summed E-state index contributed by atoms with van der Waals surface area (Å²) in [6.45, 7) is 6.31. The van der Waals surface area contributed by atoms with Crippen LogP contribution in [0.4, 0.5) is 0 Å². The van der Waals surface area contributed by atoms with Crippen LogP contribution >= 0.6 is 12.4 Å². The number of aliphatic hydroxyl groups is 1. The van der Waals surface area contributed by atoms with Crippen LogP contribution in [0.3, 0.4) is 0 Å². The highest BCUT2D eigenvalue weighted by Gasteiger charge is 2.17. The Labute approximate surface area is 233 Å². The Morgan fingerprint density at radius 2 is 1.59 bits per heavy atom. The molecule has 0 spiro atoms. The first-order chi connectivity index (χ1) is 18.4. The van der Waals surface area contributed by atoms with Crippen LogP contribution in [0.2, 0.25) is 0 Å². The third-order valence-electron chi connectivity index (χ3n) is 6.38. The van der Waals surface area contributed by atoms with Gasteiger partial charge in [-0.05, 0) is 38.6 Å². The molecule has 2 aromatic carbocycles. The molecule has 0 radical (unpaired) electrons. The Morgan fingerprint density at radius 3 is 2.26 bits per heavy atom. The molecule has 2 heterocycles. The van der Waals surface area contributed by atoms with Crippen molar-refractivity contribution in [2.24, 2.45) is 0 Å². The molecule has 0 aliphatic heterocycles. The largest absolute Gasteiger partial charge is 0.487 e. The van der Waals surface area contributed by atoms with Crippen LogP contribution in [-0.4, -0.2) is 61.5 Å². The summed E-state index contributed by atoms with van der Waals surface area (Å²) >= 11 is 0. The molecule has 0 bridgehead atoms. The van der Waals surface area contributed by atoms with E-state index in [1.807, 2.05) is 73.5 Å². The van der Waals surface area contributed by atoms with Gasteiger partial charge in [-0.2, -0.15) is 0 Å². The second kappa shape index (κ2) is 14.0. The van der Waals surface area contributed by atoms with Crippen LogP contribution in [0.15, 0.2) is 70.5 Å². The van der Waals surface area contributed by atoms with Crippen molar-refractivity contribution in [1.29, 1.82) is 0 Å². The Balaban J connectivity index is 0.00000420. The number of aryl methyl sites for hydroxylation is 1. The van der Waals surface area contributed by atoms with Crippen molar-refractivity contribution in [3.8, 4) is 11.5 Å². The monoisotopic (exact) mass is 557 g/mol. The van der Waals surface area contributed by atoms with E-state index in [0.29, 0.717) is 62.0 Å². The first-order valence-electron chi connectivity index (χ1n) is 12.9. The quantitative estimate of drug-likeness (QED) is 0.269. The Bertz CT molecular complexity index is 1470. The molecule has 11 heteroatoms. The molecule has 4 aromatic rings. The van der Waals surface area contributed by atoms with Gasteiger partial charge in [0, 0.05) is 32.7 Å². The predicted octanol–water partition coefficient (Wildman–Crippen LogP) is 2.77. The number of hydrogen-bond donors (Lipinski definition) is 1. The summed E-state index contributed by atoms with van der Waals surface area (Å²) in [5, 5.41) is 10.6. The van der Waals surface area contributed by atoms with Crippen molar-refractivity contribution >= 4 is 23.6 Å². The van der Waals surface area contributed by atoms with Crippen LogP contribution in [0.5, 0.6) is 11.5 Å². The van der Waals surface area contributed by atoms with E-state index in [9.17, 15) is 14.7 Å². The van der Waals surface area contributed by atoms with E-state index in [1.165, 1.54) is 9.13 Å². The van der Waals surface area contributed by atoms with Gasteiger partial charge in [-0.3, -0.25) is 13.9 Å². The average Bonchev–Trinajstić information content (AvgIpc) is 3.35. The van der Waals surface area contributed by atoms with Gasteiger partial charge >= 0.3 is 5.69 Å². The number of ether oxygens (including phenoxy) is 2. The number of benzene rings is 2. The molecular formula is C28H36ClN5O5. The summed E-state index contributed by atoms with van der Waals surface area (Å²) < 4.78 is 16.3. The van der Waals surface area contributed by atoms with Crippen LogP contribution in [0.1, 0.15) is 19.4 Å². The summed E-state index contributed by atoms with van der Waals surface area (Å²) in [7, 11) is 1.89. The standard InChI is InChI=1S/C28H35N5O5.ClH/c1-4-32-26-25(27(35)33(5-2)28(32)36)31(20-29-26)16-15-30(3)17-22(34)19-38-24-14-10-9-13-23(24)37-18-21-11-7-6-8-12-21;/h6-14,20,22,34H,4-5,15-19H2,1-3H3;1H. The number of rotatable bonds is 13. The minimum Gasteiger partial charge on any atom is -0.487 e. The molecule has 2 aromatic heterocycles. The van der Waals surface area contributed by atoms with Crippen molar-refractivity contribution < 1.29 is 14.6 Å². The molecule has 1 unspecified atom stereocenters. The fourth-order valence-corrected chi connectivity index (χ4v) is 4.36. The van der Waals surface area contributed by atoms with Gasteiger partial charge in [0.15, 0.2) is 22.7 Å². The molecule has 1 N–H and O–H groups in total. The molecule has 0 saturated carbocycles. The van der Waals surface area contributed by atoms with Crippen LogP contribution in [-0.2, 0) is 26.2 Å². The lowest BCUT2D eigenvalue weighted by atomic mass is 10.2. The van der Waals surface area contributed by atoms with E-state index >= 15 is 0 Å². The van der Waals surface area contributed by atoms with Gasteiger partial charge in [0.05, 0.1) is 6.33 Å². The number of aliphatic hydroxyl groups excluding tert-OH is 1. The van der Waals surface area contributed by atoms with Gasteiger partial charge in [0.1, 0.15) is 19.3 Å². The summed E-state index contributed by atoms with van der Waals surface area (Å²) in [5.74, 6) is 1.19. The number of hydrogen-bond acceptors (Lipinski definition) is 7. The van der Waals surface area contributed by atoms with E-state index in [1.54, 1.807) is 17.8 Å². The zero-order valence-corrected chi connectivity index (χ0v) is 23.3. The summed E-state index contributed by atoms with van der Waals surface area (Å²) in [4.78, 5) is 31.8. The van der Waals surface area contributed by atoms with Gasteiger partial charge in [-0.25, -0.2) is 9.78 Å². The van der Waals surface area contributed by atoms with Gasteiger partial charge in [-0.15, -0.1) is 12.4 Å². The lowest BCUT2D eigenvalue weighted by Gasteiger charge is -2.21. The van der Waals surface area contributed by atoms with Crippen LogP contribution in [0.25, 0.3) is 11.2 Å². The summed E-state index contributed by atoms with van der Waals surface area (Å²) in [5.41, 5.74) is 1.19. The van der Waals surface area contributed by atoms with Crippen molar-refractivity contribution in [3.63, 3.8) is 0 Å². The molecule has 0 fully saturated rings. The minimum atomic E-state index is -0.732. The number of aromatic nitrogens is 4. The van der Waals surface area contributed by atoms with Crippen LogP contribution < -0.4 is 20.7 Å². The molecule has 210 valence electrons. The van der Waals surface area contributed by atoms with Gasteiger partial charge in [-0.1, -0.05) is 42.5 Å². The van der Waals surface area contributed by atoms with E-state index in [2.05, 4.69) is 4.98 Å². The number of nitrogens with zero attached hydrogens (tertiary/aromatic N) is 5. The molecular weight excluding hydrogens is 522 g/mol. The van der Waals surface area contributed by atoms with E-state index < -0.39 is 6.10 Å². The normalized spacial score (nSPS) is 11.9. The molecule has 1 atom stereocenters. The second-order valence-electron chi connectivity index (χ2n) is 9.13. The van der Waals surface area contributed by atoms with Gasteiger partial charge in [0.2, 0.25) is 0 Å². The Morgan fingerprint density at radius 1 is 0.949 bits per heavy atom. The number of fused-ring (bicyclic) bond motifs is 1. The molecule has 0 aliphatic rings. The first kappa shape index (κ1) is 29.9. The maximum Gasteiger partial charge on any atom is 0.332 e. The highest BCUT2D eigenvalue weighted by Crippen LogP contribution is 2.27. The number of likely N-dealkylation sites (N-methyl/N-ethyl adjacent to an activating group) is 1. The minimum absolute atomic E-state index is 0. The fraction of sp³-hybridized carbons (Fsp3) is 0.393. The maximum atomic E-state index is 12.9. The molecule has 4 rings (SSSR count). The molecule has 0 aliphatic carbocycles. The summed E-state index contributed by atoms with van der Waals surface area (Å²) in [6, 6.07) is 17.3. The summed E-state index contributed by atoms with van der Waals surface area (Å²) in [6.07, 6.45) is 0.863. The van der Waals surface area contributed by atoms with Crippen molar-refractivity contribution in [3.05, 3.63) is 87.3 Å². The van der Waals surface area contributed by atoms with Crippen molar-refractivity contribution in [2.45, 2.75) is 46.2 Å². The fourth-order valence-electron chi connectivity index (χ4n) is 4.36. The third-order valence-corrected chi connectivity index (χ3v) is 6.38. The van der Waals surface area contributed by atoms with Crippen LogP contribution in [0, 0.1) is 0 Å². The van der Waals surface area contributed by atoms with E-state index in [0.717, 1.165) is 5.56 Å². The number of halogens is 1.